The third-order valence-corrected chi connectivity index (χ3v) is 2.19. The van der Waals surface area contributed by atoms with Gasteiger partial charge in [-0.2, -0.15) is 0 Å². The Morgan fingerprint density at radius 3 is 1.86 bits per heavy atom. The van der Waals surface area contributed by atoms with Gasteiger partial charge >= 0.3 is 0 Å². The first-order chi connectivity index (χ1) is 6.38. The van der Waals surface area contributed by atoms with Gasteiger partial charge in [0.05, 0.1) is 0 Å². The van der Waals surface area contributed by atoms with Crippen molar-refractivity contribution in [2.45, 2.75) is 27.2 Å². The second kappa shape index (κ2) is 4.04. The molecule has 0 atom stereocenters. The largest absolute Gasteiger partial charge is 0.378 e. The van der Waals surface area contributed by atoms with E-state index in [0.717, 1.165) is 6.42 Å². The molecule has 0 heterocycles. The molecule has 0 aliphatic carbocycles. The van der Waals surface area contributed by atoms with Gasteiger partial charge in [0.2, 0.25) is 0 Å². The van der Waals surface area contributed by atoms with Crippen molar-refractivity contribution in [2.24, 2.45) is 5.41 Å². The molecule has 0 N–H and O–H groups in total. The fourth-order valence-electron chi connectivity index (χ4n) is 1.52. The average molecular weight is 191 g/mol. The van der Waals surface area contributed by atoms with Crippen LogP contribution >= 0.6 is 0 Å². The standard InChI is InChI=1S/C13H21N/c1-13(2,3)10-11-6-8-12(9-7-11)14(4)5/h6-9H,10H2,1-5H3. The molecule has 1 aromatic rings. The summed E-state index contributed by atoms with van der Waals surface area (Å²) in [4.78, 5) is 2.13. The Morgan fingerprint density at radius 2 is 1.50 bits per heavy atom. The van der Waals surface area contributed by atoms with E-state index in [-0.39, 0.29) is 0 Å². The first-order valence-corrected chi connectivity index (χ1v) is 5.15. The number of benzene rings is 1. The summed E-state index contributed by atoms with van der Waals surface area (Å²) in [6, 6.07) is 8.81. The van der Waals surface area contributed by atoms with E-state index in [1.165, 1.54) is 11.3 Å². The average Bonchev–Trinajstić information content (AvgIpc) is 2.02. The smallest absolute Gasteiger partial charge is 0.0361 e. The second-order valence-corrected chi connectivity index (χ2v) is 5.30. The maximum atomic E-state index is 2.27. The highest BCUT2D eigenvalue weighted by Crippen LogP contribution is 2.22. The molecule has 0 aliphatic heterocycles. The lowest BCUT2D eigenvalue weighted by molar-refractivity contribution is 0.411. The fourth-order valence-corrected chi connectivity index (χ4v) is 1.52. The van der Waals surface area contributed by atoms with Crippen LogP contribution in [0, 0.1) is 5.41 Å². The summed E-state index contributed by atoms with van der Waals surface area (Å²) in [6.07, 6.45) is 1.14. The van der Waals surface area contributed by atoms with Crippen molar-refractivity contribution in [1.82, 2.24) is 0 Å². The van der Waals surface area contributed by atoms with Crippen molar-refractivity contribution < 1.29 is 0 Å². The van der Waals surface area contributed by atoms with Gasteiger partial charge in [-0.25, -0.2) is 0 Å². The van der Waals surface area contributed by atoms with Crippen LogP contribution in [-0.4, -0.2) is 14.1 Å². The number of hydrogen-bond donors (Lipinski definition) is 0. The normalized spacial score (nSPS) is 11.5. The van der Waals surface area contributed by atoms with Crippen molar-refractivity contribution in [2.75, 3.05) is 19.0 Å². The third-order valence-electron chi connectivity index (χ3n) is 2.19. The molecule has 0 unspecified atom stereocenters. The van der Waals surface area contributed by atoms with Gasteiger partial charge in [-0.15, -0.1) is 0 Å². The lowest BCUT2D eigenvalue weighted by Crippen LogP contribution is -2.10. The van der Waals surface area contributed by atoms with Crippen LogP contribution in [0.2, 0.25) is 0 Å². The van der Waals surface area contributed by atoms with Crippen LogP contribution in [0.1, 0.15) is 26.3 Å². The molecule has 14 heavy (non-hydrogen) atoms. The fraction of sp³-hybridized carbons (Fsp3) is 0.538. The van der Waals surface area contributed by atoms with Gasteiger partial charge in [0.1, 0.15) is 0 Å². The SMILES string of the molecule is CN(C)c1ccc(CC(C)(C)C)cc1. The molecule has 1 rings (SSSR count). The van der Waals surface area contributed by atoms with Gasteiger partial charge in [-0.05, 0) is 29.5 Å². The van der Waals surface area contributed by atoms with Gasteiger partial charge in [0, 0.05) is 19.8 Å². The summed E-state index contributed by atoms with van der Waals surface area (Å²) < 4.78 is 0. The lowest BCUT2D eigenvalue weighted by Gasteiger charge is -2.19. The number of nitrogens with zero attached hydrogens (tertiary/aromatic N) is 1. The predicted molar refractivity (Wildman–Crippen MR) is 63.9 cm³/mol. The van der Waals surface area contributed by atoms with Crippen molar-refractivity contribution in [3.8, 4) is 0 Å². The molecular weight excluding hydrogens is 170 g/mol. The van der Waals surface area contributed by atoms with E-state index in [1.54, 1.807) is 0 Å². The molecule has 0 radical (unpaired) electrons. The Labute approximate surface area is 87.7 Å². The Hall–Kier alpha value is -0.980. The maximum absolute atomic E-state index is 2.27. The number of hydrogen-bond acceptors (Lipinski definition) is 1. The molecule has 0 saturated heterocycles. The van der Waals surface area contributed by atoms with E-state index in [0.29, 0.717) is 5.41 Å². The minimum atomic E-state index is 0.375. The van der Waals surface area contributed by atoms with E-state index < -0.39 is 0 Å². The van der Waals surface area contributed by atoms with E-state index >= 15 is 0 Å². The zero-order valence-electron chi connectivity index (χ0n) is 9.96. The molecule has 0 amide bonds. The molecule has 1 heteroatoms. The summed E-state index contributed by atoms with van der Waals surface area (Å²) in [5, 5.41) is 0. The van der Waals surface area contributed by atoms with E-state index in [1.807, 2.05) is 0 Å². The highest BCUT2D eigenvalue weighted by molar-refractivity contribution is 5.46. The van der Waals surface area contributed by atoms with Gasteiger partial charge in [-0.3, -0.25) is 0 Å². The predicted octanol–water partition coefficient (Wildman–Crippen LogP) is 3.34. The Bertz CT molecular complexity index is 277. The van der Waals surface area contributed by atoms with Gasteiger partial charge in [-0.1, -0.05) is 32.9 Å². The summed E-state index contributed by atoms with van der Waals surface area (Å²) in [5.41, 5.74) is 3.06. The Kier molecular flexibility index (Phi) is 3.20. The molecule has 1 aromatic carbocycles. The molecule has 0 bridgehead atoms. The van der Waals surface area contributed by atoms with Crippen LogP contribution in [0.3, 0.4) is 0 Å². The van der Waals surface area contributed by atoms with Gasteiger partial charge in [0.15, 0.2) is 0 Å². The van der Waals surface area contributed by atoms with Crippen LogP contribution < -0.4 is 4.90 Å². The molecule has 78 valence electrons. The highest BCUT2D eigenvalue weighted by Gasteiger charge is 2.10. The van der Waals surface area contributed by atoms with Crippen LogP contribution in [0.15, 0.2) is 24.3 Å². The molecule has 0 spiro atoms. The van der Waals surface area contributed by atoms with Crippen molar-refractivity contribution in [3.63, 3.8) is 0 Å². The van der Waals surface area contributed by atoms with Gasteiger partial charge in [0.25, 0.3) is 0 Å². The first kappa shape index (κ1) is 11.1. The lowest BCUT2D eigenvalue weighted by atomic mass is 9.88. The zero-order chi connectivity index (χ0) is 10.8. The monoisotopic (exact) mass is 191 g/mol. The quantitative estimate of drug-likeness (QED) is 0.693. The second-order valence-electron chi connectivity index (χ2n) is 5.30. The van der Waals surface area contributed by atoms with Crippen molar-refractivity contribution in [3.05, 3.63) is 29.8 Å². The van der Waals surface area contributed by atoms with E-state index in [4.69, 9.17) is 0 Å². The molecule has 0 aromatic heterocycles. The van der Waals surface area contributed by atoms with Gasteiger partial charge < -0.3 is 4.90 Å². The van der Waals surface area contributed by atoms with Crippen LogP contribution in [-0.2, 0) is 6.42 Å². The van der Waals surface area contributed by atoms with E-state index in [9.17, 15) is 0 Å². The van der Waals surface area contributed by atoms with Crippen LogP contribution in [0.4, 0.5) is 5.69 Å². The van der Waals surface area contributed by atoms with Crippen LogP contribution in [0.5, 0.6) is 0 Å². The Balaban J connectivity index is 2.74. The summed E-state index contributed by atoms with van der Waals surface area (Å²) >= 11 is 0. The zero-order valence-corrected chi connectivity index (χ0v) is 9.96. The van der Waals surface area contributed by atoms with Crippen LogP contribution in [0.25, 0.3) is 0 Å². The summed E-state index contributed by atoms with van der Waals surface area (Å²) in [5.74, 6) is 0. The van der Waals surface area contributed by atoms with E-state index in [2.05, 4.69) is 64.0 Å². The Morgan fingerprint density at radius 1 is 1.00 bits per heavy atom. The molecule has 0 saturated carbocycles. The third kappa shape index (κ3) is 3.41. The minimum absolute atomic E-state index is 0.375. The van der Waals surface area contributed by atoms with Crippen molar-refractivity contribution in [1.29, 1.82) is 0 Å². The summed E-state index contributed by atoms with van der Waals surface area (Å²) in [7, 11) is 4.14. The minimum Gasteiger partial charge on any atom is -0.378 e. The molecule has 0 fully saturated rings. The molecule has 1 nitrogen and oxygen atoms in total. The first-order valence-electron chi connectivity index (χ1n) is 5.15. The number of anilines is 1. The molecular formula is C13H21N. The molecule has 0 aliphatic rings. The topological polar surface area (TPSA) is 3.24 Å². The highest BCUT2D eigenvalue weighted by atomic mass is 15.1. The number of rotatable bonds is 2. The summed E-state index contributed by atoms with van der Waals surface area (Å²) in [6.45, 7) is 6.81. The maximum Gasteiger partial charge on any atom is 0.0361 e. The van der Waals surface area contributed by atoms with Crippen molar-refractivity contribution >= 4 is 5.69 Å².